The molecule has 29 heavy (non-hydrogen) atoms. The Bertz CT molecular complexity index is 1110. The van der Waals surface area contributed by atoms with Crippen LogP contribution in [-0.2, 0) is 21.1 Å². The Labute approximate surface area is 182 Å². The molecule has 6 nitrogen and oxygen atoms in total. The van der Waals surface area contributed by atoms with Gasteiger partial charge in [-0.15, -0.1) is 10.2 Å². The van der Waals surface area contributed by atoms with E-state index in [1.54, 1.807) is 30.3 Å². The maximum atomic E-state index is 13.4. The van der Waals surface area contributed by atoms with Crippen molar-refractivity contribution in [2.45, 2.75) is 35.8 Å². The zero-order valence-electron chi connectivity index (χ0n) is 15.5. The van der Waals surface area contributed by atoms with Crippen LogP contribution < -0.4 is 0 Å². The minimum Gasteiger partial charge on any atom is -0.423 e. The van der Waals surface area contributed by atoms with Crippen molar-refractivity contribution in [3.05, 3.63) is 75.5 Å². The number of carbonyl (C=O) groups excluding carboxylic acids is 1. The van der Waals surface area contributed by atoms with Crippen LogP contribution in [0.5, 0.6) is 0 Å². The molecular formula is C21H19IN2O4S. The third kappa shape index (κ3) is 4.42. The van der Waals surface area contributed by atoms with Gasteiger partial charge in [0.15, 0.2) is 9.84 Å². The zero-order chi connectivity index (χ0) is 20.4. The van der Waals surface area contributed by atoms with Crippen LogP contribution in [0.15, 0.2) is 63.9 Å². The van der Waals surface area contributed by atoms with Crippen LogP contribution in [0.2, 0.25) is 0 Å². The summed E-state index contributed by atoms with van der Waals surface area (Å²) in [5, 5.41) is 7.15. The summed E-state index contributed by atoms with van der Waals surface area (Å²) in [6, 6.07) is 16.2. The number of sulfone groups is 1. The zero-order valence-corrected chi connectivity index (χ0v) is 18.5. The molecule has 1 aliphatic carbocycles. The van der Waals surface area contributed by atoms with E-state index in [-0.39, 0.29) is 28.9 Å². The summed E-state index contributed by atoms with van der Waals surface area (Å²) in [6.45, 7) is 0. The van der Waals surface area contributed by atoms with Gasteiger partial charge in [0.25, 0.3) is 0 Å². The fourth-order valence-corrected chi connectivity index (χ4v) is 5.96. The molecule has 2 unspecified atom stereocenters. The van der Waals surface area contributed by atoms with Crippen molar-refractivity contribution in [3.63, 3.8) is 0 Å². The first-order valence-electron chi connectivity index (χ1n) is 9.31. The van der Waals surface area contributed by atoms with E-state index < -0.39 is 15.1 Å². The third-order valence-corrected chi connectivity index (χ3v) is 8.02. The van der Waals surface area contributed by atoms with Gasteiger partial charge in [0.1, 0.15) is 11.0 Å². The van der Waals surface area contributed by atoms with Crippen LogP contribution in [0.1, 0.15) is 41.9 Å². The molecule has 3 aromatic rings. The molecule has 1 saturated carbocycles. The highest BCUT2D eigenvalue weighted by atomic mass is 127. The quantitative estimate of drug-likeness (QED) is 0.452. The molecule has 2 aromatic carbocycles. The largest absolute Gasteiger partial charge is 0.423 e. The average molecular weight is 522 g/mol. The number of hydrogen-bond acceptors (Lipinski definition) is 6. The third-order valence-electron chi connectivity index (χ3n) is 5.11. The van der Waals surface area contributed by atoms with Gasteiger partial charge in [0.05, 0.1) is 11.3 Å². The van der Waals surface area contributed by atoms with Crippen molar-refractivity contribution in [2.75, 3.05) is 0 Å². The highest BCUT2D eigenvalue weighted by Gasteiger charge is 2.43. The predicted molar refractivity (Wildman–Crippen MR) is 115 cm³/mol. The fraction of sp³-hybridized carbons (Fsp3) is 0.286. The maximum absolute atomic E-state index is 13.4. The molecule has 4 rings (SSSR count). The van der Waals surface area contributed by atoms with Crippen LogP contribution in [-0.4, -0.2) is 24.4 Å². The number of rotatable bonds is 6. The van der Waals surface area contributed by atoms with E-state index in [0.717, 1.165) is 9.13 Å². The molecule has 0 N–H and O–H groups in total. The number of ketones is 1. The lowest BCUT2D eigenvalue weighted by Gasteiger charge is -2.19. The van der Waals surface area contributed by atoms with E-state index in [9.17, 15) is 13.2 Å². The standard InChI is InChI=1S/C21H19IN2O4S/c22-16-9-6-14(7-10-16)12-19-23-24-21(28-19)20(15-8-11-17(25)13-15)29(26,27)18-4-2-1-3-5-18/h1-7,9-10,15,20H,8,11-13H2. The Hall–Kier alpha value is -2.07. The molecule has 0 bridgehead atoms. The molecule has 0 saturated heterocycles. The van der Waals surface area contributed by atoms with Crippen LogP contribution >= 0.6 is 22.6 Å². The number of halogens is 1. The second-order valence-corrected chi connectivity index (χ2v) is 10.5. The molecule has 1 aliphatic rings. The Morgan fingerprint density at radius 3 is 2.45 bits per heavy atom. The van der Waals surface area contributed by atoms with E-state index in [4.69, 9.17) is 4.42 Å². The van der Waals surface area contributed by atoms with E-state index in [0.29, 0.717) is 25.2 Å². The van der Waals surface area contributed by atoms with Gasteiger partial charge in [-0.3, -0.25) is 4.79 Å². The molecule has 150 valence electrons. The summed E-state index contributed by atoms with van der Waals surface area (Å²) >= 11 is 2.23. The van der Waals surface area contributed by atoms with E-state index in [1.807, 2.05) is 24.3 Å². The number of benzene rings is 2. The summed E-state index contributed by atoms with van der Waals surface area (Å²) in [5.74, 6) is 0.133. The van der Waals surface area contributed by atoms with Crippen molar-refractivity contribution in [1.82, 2.24) is 10.2 Å². The first kappa shape index (κ1) is 20.2. The monoisotopic (exact) mass is 522 g/mol. The van der Waals surface area contributed by atoms with Crippen LogP contribution in [0.3, 0.4) is 0 Å². The van der Waals surface area contributed by atoms with Gasteiger partial charge in [-0.25, -0.2) is 8.42 Å². The molecule has 1 aromatic heterocycles. The minimum atomic E-state index is -3.78. The maximum Gasteiger partial charge on any atom is 0.235 e. The fourth-order valence-electron chi connectivity index (χ4n) is 3.68. The summed E-state index contributed by atoms with van der Waals surface area (Å²) in [7, 11) is -3.78. The van der Waals surface area contributed by atoms with Crippen molar-refractivity contribution in [3.8, 4) is 0 Å². The van der Waals surface area contributed by atoms with Crippen molar-refractivity contribution < 1.29 is 17.6 Å². The number of Topliss-reactive ketones (excluding diaryl/α,β-unsaturated/α-hetero) is 1. The van der Waals surface area contributed by atoms with Crippen molar-refractivity contribution in [2.24, 2.45) is 5.92 Å². The molecule has 0 radical (unpaired) electrons. The van der Waals surface area contributed by atoms with Crippen molar-refractivity contribution in [1.29, 1.82) is 0 Å². The van der Waals surface area contributed by atoms with E-state index in [2.05, 4.69) is 32.8 Å². The first-order valence-corrected chi connectivity index (χ1v) is 11.9. The summed E-state index contributed by atoms with van der Waals surface area (Å²) in [5.41, 5.74) is 0.999. The molecular weight excluding hydrogens is 503 g/mol. The minimum absolute atomic E-state index is 0.0639. The molecule has 8 heteroatoms. The van der Waals surface area contributed by atoms with Crippen LogP contribution in [0.25, 0.3) is 0 Å². The number of nitrogens with zero attached hydrogens (tertiary/aromatic N) is 2. The highest BCUT2D eigenvalue weighted by molar-refractivity contribution is 14.1. The molecule has 0 aliphatic heterocycles. The summed E-state index contributed by atoms with van der Waals surface area (Å²) in [6.07, 6.45) is 1.52. The van der Waals surface area contributed by atoms with Gasteiger partial charge < -0.3 is 4.42 Å². The lowest BCUT2D eigenvalue weighted by molar-refractivity contribution is -0.117. The summed E-state index contributed by atoms with van der Waals surface area (Å²) < 4.78 is 33.7. The Morgan fingerprint density at radius 2 is 1.79 bits per heavy atom. The molecule has 2 atom stereocenters. The highest BCUT2D eigenvalue weighted by Crippen LogP contribution is 2.41. The summed E-state index contributed by atoms with van der Waals surface area (Å²) in [4.78, 5) is 12.1. The van der Waals surface area contributed by atoms with E-state index in [1.165, 1.54) is 0 Å². The Morgan fingerprint density at radius 1 is 1.07 bits per heavy atom. The number of aromatic nitrogens is 2. The van der Waals surface area contributed by atoms with Crippen molar-refractivity contribution >= 4 is 38.2 Å². The van der Waals surface area contributed by atoms with Gasteiger partial charge in [-0.2, -0.15) is 0 Å². The van der Waals surface area contributed by atoms with Crippen LogP contribution in [0, 0.1) is 9.49 Å². The first-order chi connectivity index (χ1) is 13.9. The smallest absolute Gasteiger partial charge is 0.235 e. The SMILES string of the molecule is O=C1CCC(C(c2nnc(Cc3ccc(I)cc3)o2)S(=O)(=O)c2ccccc2)C1. The van der Waals surface area contributed by atoms with Gasteiger partial charge in [0.2, 0.25) is 11.8 Å². The number of carbonyl (C=O) groups is 1. The molecule has 1 fully saturated rings. The van der Waals surface area contributed by atoms with Gasteiger partial charge in [0, 0.05) is 16.4 Å². The molecule has 0 spiro atoms. The van der Waals surface area contributed by atoms with Gasteiger partial charge >= 0.3 is 0 Å². The number of hydrogen-bond donors (Lipinski definition) is 0. The lowest BCUT2D eigenvalue weighted by atomic mass is 10.0. The van der Waals surface area contributed by atoms with Gasteiger partial charge in [-0.1, -0.05) is 30.3 Å². The topological polar surface area (TPSA) is 90.1 Å². The van der Waals surface area contributed by atoms with Gasteiger partial charge in [-0.05, 0) is 64.8 Å². The second kappa shape index (κ2) is 8.35. The second-order valence-electron chi connectivity index (χ2n) is 7.16. The van der Waals surface area contributed by atoms with Crippen LogP contribution in [0.4, 0.5) is 0 Å². The lowest BCUT2D eigenvalue weighted by Crippen LogP contribution is -2.21. The van der Waals surface area contributed by atoms with E-state index >= 15 is 0 Å². The predicted octanol–water partition coefficient (Wildman–Crippen LogP) is 4.15. The Kier molecular flexibility index (Phi) is 5.82. The average Bonchev–Trinajstić information content (AvgIpc) is 3.34. The molecule has 1 heterocycles. The molecule has 0 amide bonds. The Balaban J connectivity index is 1.68. The normalized spacial score (nSPS) is 18.1.